The molecule has 2 N–H and O–H groups in total. The minimum atomic E-state index is 0.242. The summed E-state index contributed by atoms with van der Waals surface area (Å²) < 4.78 is 5.95. The number of benzene rings is 1. The molecule has 1 aromatic carbocycles. The molecule has 4 nitrogen and oxygen atoms in total. The zero-order valence-electron chi connectivity index (χ0n) is 12.1. The Kier molecular flexibility index (Phi) is 3.77. The quantitative estimate of drug-likeness (QED) is 0.926. The van der Waals surface area contributed by atoms with Crippen molar-refractivity contribution in [3.63, 3.8) is 0 Å². The van der Waals surface area contributed by atoms with Gasteiger partial charge in [0.05, 0.1) is 0 Å². The van der Waals surface area contributed by atoms with Gasteiger partial charge >= 0.3 is 0 Å². The van der Waals surface area contributed by atoms with Crippen LogP contribution >= 0.6 is 0 Å². The summed E-state index contributed by atoms with van der Waals surface area (Å²) in [6.07, 6.45) is 8.78. The second-order valence-corrected chi connectivity index (χ2v) is 5.24. The summed E-state index contributed by atoms with van der Waals surface area (Å²) in [6.45, 7) is 2.62. The van der Waals surface area contributed by atoms with Crippen LogP contribution in [0.2, 0.25) is 0 Å². The number of nitrogens with zero attached hydrogens (tertiary/aromatic N) is 2. The molecule has 0 spiro atoms. The lowest BCUT2D eigenvalue weighted by molar-refractivity contribution is 0.192. The van der Waals surface area contributed by atoms with E-state index in [2.05, 4.69) is 30.2 Å². The van der Waals surface area contributed by atoms with Crippen molar-refractivity contribution >= 4 is 5.84 Å². The first kappa shape index (κ1) is 13.5. The van der Waals surface area contributed by atoms with E-state index in [0.717, 1.165) is 23.4 Å². The van der Waals surface area contributed by atoms with Gasteiger partial charge in [-0.3, -0.25) is 0 Å². The lowest BCUT2D eigenvalue weighted by Gasteiger charge is -2.23. The molecule has 0 bridgehead atoms. The van der Waals surface area contributed by atoms with Crippen LogP contribution < -0.4 is 5.73 Å². The van der Waals surface area contributed by atoms with Crippen LogP contribution in [0.25, 0.3) is 0 Å². The van der Waals surface area contributed by atoms with Crippen LogP contribution in [0.5, 0.6) is 0 Å². The molecule has 0 aliphatic carbocycles. The molecule has 2 heterocycles. The fourth-order valence-corrected chi connectivity index (χ4v) is 2.26. The highest BCUT2D eigenvalue weighted by Crippen LogP contribution is 2.27. The minimum absolute atomic E-state index is 0.242. The van der Waals surface area contributed by atoms with Gasteiger partial charge in [0.2, 0.25) is 0 Å². The van der Waals surface area contributed by atoms with Gasteiger partial charge in [-0.1, -0.05) is 43.3 Å². The van der Waals surface area contributed by atoms with Crippen molar-refractivity contribution < 1.29 is 4.74 Å². The minimum Gasteiger partial charge on any atom is -0.487 e. The normalized spacial score (nSPS) is 20.9. The van der Waals surface area contributed by atoms with E-state index in [9.17, 15) is 0 Å². The molecule has 0 radical (unpaired) electrons. The van der Waals surface area contributed by atoms with Gasteiger partial charge < -0.3 is 10.5 Å². The topological polar surface area (TPSA) is 50.8 Å². The average molecular weight is 281 g/mol. The van der Waals surface area contributed by atoms with Gasteiger partial charge in [-0.05, 0) is 24.1 Å². The van der Waals surface area contributed by atoms with Gasteiger partial charge in [0, 0.05) is 12.1 Å². The Hall–Kier alpha value is -2.49. The number of allylic oxidation sites excluding steroid dienone is 3. The van der Waals surface area contributed by atoms with Crippen molar-refractivity contribution in [2.75, 3.05) is 0 Å². The summed E-state index contributed by atoms with van der Waals surface area (Å²) in [5, 5.41) is 6.23. The third kappa shape index (κ3) is 2.99. The second-order valence-electron chi connectivity index (χ2n) is 5.24. The molecule has 2 aliphatic heterocycles. The van der Waals surface area contributed by atoms with Crippen LogP contribution in [0.4, 0.5) is 0 Å². The van der Waals surface area contributed by atoms with Gasteiger partial charge in [0.1, 0.15) is 23.9 Å². The maximum Gasteiger partial charge on any atom is 0.145 e. The smallest absolute Gasteiger partial charge is 0.145 e. The van der Waals surface area contributed by atoms with Crippen molar-refractivity contribution in [2.45, 2.75) is 20.0 Å². The second kappa shape index (κ2) is 5.87. The highest BCUT2D eigenvalue weighted by molar-refractivity contribution is 5.83. The van der Waals surface area contributed by atoms with Crippen LogP contribution in [0.1, 0.15) is 18.9 Å². The lowest BCUT2D eigenvalue weighted by atomic mass is 10.1. The summed E-state index contributed by atoms with van der Waals surface area (Å²) in [5.74, 6) is 1.72. The molecule has 21 heavy (non-hydrogen) atoms. The molecule has 0 saturated carbocycles. The molecule has 0 saturated heterocycles. The molecule has 0 fully saturated rings. The molecule has 1 atom stereocenters. The van der Waals surface area contributed by atoms with Crippen molar-refractivity contribution in [3.05, 3.63) is 71.8 Å². The Bertz CT molecular complexity index is 629. The molecule has 0 aromatic heterocycles. The zero-order valence-corrected chi connectivity index (χ0v) is 12.1. The first-order chi connectivity index (χ1) is 10.2. The summed E-state index contributed by atoms with van der Waals surface area (Å²) in [5.41, 5.74) is 8.08. The van der Waals surface area contributed by atoms with E-state index in [1.807, 2.05) is 36.6 Å². The van der Waals surface area contributed by atoms with E-state index < -0.39 is 0 Å². The Morgan fingerprint density at radius 3 is 2.95 bits per heavy atom. The monoisotopic (exact) mass is 281 g/mol. The number of amidine groups is 1. The summed E-state index contributed by atoms with van der Waals surface area (Å²) in [4.78, 5) is 0. The lowest BCUT2D eigenvalue weighted by Crippen LogP contribution is -2.23. The van der Waals surface area contributed by atoms with Gasteiger partial charge in [-0.25, -0.2) is 5.01 Å². The van der Waals surface area contributed by atoms with Crippen LogP contribution in [-0.4, -0.2) is 10.8 Å². The number of hydrazone groups is 1. The van der Waals surface area contributed by atoms with Crippen LogP contribution in [0, 0.1) is 5.92 Å². The van der Waals surface area contributed by atoms with Gasteiger partial charge in [0.25, 0.3) is 0 Å². The molecule has 2 aliphatic rings. The highest BCUT2D eigenvalue weighted by atomic mass is 16.5. The Morgan fingerprint density at radius 2 is 2.14 bits per heavy atom. The highest BCUT2D eigenvalue weighted by Gasteiger charge is 2.21. The van der Waals surface area contributed by atoms with Crippen LogP contribution in [0.15, 0.2) is 71.3 Å². The molecular formula is C17H19N3O. The fraction of sp³-hybridized carbons (Fsp3) is 0.235. The van der Waals surface area contributed by atoms with Crippen molar-refractivity contribution in [2.24, 2.45) is 16.8 Å². The zero-order chi connectivity index (χ0) is 14.7. The molecule has 1 unspecified atom stereocenters. The molecule has 0 amide bonds. The van der Waals surface area contributed by atoms with Crippen molar-refractivity contribution in [1.29, 1.82) is 0 Å². The first-order valence-corrected chi connectivity index (χ1v) is 7.13. The Balaban J connectivity index is 1.77. The maximum atomic E-state index is 5.98. The Labute approximate surface area is 124 Å². The van der Waals surface area contributed by atoms with E-state index >= 15 is 0 Å². The standard InChI is InChI=1S/C17H19N3O/c1-13-9-10-15-16(8-5-11-20(15)19-17(13)18)21-12-14-6-3-2-4-7-14/h2-8,10-11,13H,9,12H2,1H3,(H2,18,19). The van der Waals surface area contributed by atoms with Crippen LogP contribution in [-0.2, 0) is 11.3 Å². The molecule has 1 aromatic rings. The largest absolute Gasteiger partial charge is 0.487 e. The number of ether oxygens (including phenoxy) is 1. The Morgan fingerprint density at radius 1 is 1.33 bits per heavy atom. The van der Waals surface area contributed by atoms with Crippen LogP contribution in [0.3, 0.4) is 0 Å². The fourth-order valence-electron chi connectivity index (χ4n) is 2.26. The molecular weight excluding hydrogens is 262 g/mol. The predicted octanol–water partition coefficient (Wildman–Crippen LogP) is 3.11. The van der Waals surface area contributed by atoms with E-state index in [0.29, 0.717) is 12.4 Å². The summed E-state index contributed by atoms with van der Waals surface area (Å²) in [7, 11) is 0. The van der Waals surface area contributed by atoms with Crippen molar-refractivity contribution in [1.82, 2.24) is 5.01 Å². The molecule has 4 heteroatoms. The van der Waals surface area contributed by atoms with E-state index in [-0.39, 0.29) is 5.92 Å². The SMILES string of the molecule is CC1CC=C2C(OCc3ccccc3)=CC=CN2N=C1N. The number of fused-ring (bicyclic) bond motifs is 1. The van der Waals surface area contributed by atoms with Gasteiger partial charge in [0.15, 0.2) is 0 Å². The third-order valence-corrected chi connectivity index (χ3v) is 3.60. The summed E-state index contributed by atoms with van der Waals surface area (Å²) in [6, 6.07) is 10.1. The molecule has 108 valence electrons. The first-order valence-electron chi connectivity index (χ1n) is 7.13. The summed E-state index contributed by atoms with van der Waals surface area (Å²) >= 11 is 0. The molecule has 3 rings (SSSR count). The van der Waals surface area contributed by atoms with E-state index in [1.165, 1.54) is 0 Å². The number of hydrogen-bond acceptors (Lipinski definition) is 4. The maximum absolute atomic E-state index is 5.98. The number of hydrogen-bond donors (Lipinski definition) is 1. The third-order valence-electron chi connectivity index (χ3n) is 3.60. The van der Waals surface area contributed by atoms with Gasteiger partial charge in [-0.15, -0.1) is 0 Å². The number of nitrogens with two attached hydrogens (primary N) is 1. The average Bonchev–Trinajstić information content (AvgIpc) is 2.66. The number of rotatable bonds is 3. The van der Waals surface area contributed by atoms with Gasteiger partial charge in [-0.2, -0.15) is 5.10 Å². The predicted molar refractivity (Wildman–Crippen MR) is 83.8 cm³/mol. The van der Waals surface area contributed by atoms with E-state index in [1.54, 1.807) is 5.01 Å². The van der Waals surface area contributed by atoms with E-state index in [4.69, 9.17) is 10.5 Å². The van der Waals surface area contributed by atoms with Crippen molar-refractivity contribution in [3.8, 4) is 0 Å².